The number of carbonyl (C=O) groups excluding carboxylic acids is 2. The number of thioether (sulfide) groups is 1. The van der Waals surface area contributed by atoms with Crippen LogP contribution in [0.4, 0.5) is 5.69 Å². The number of rotatable bonds is 6. The lowest BCUT2D eigenvalue weighted by Crippen LogP contribution is -3.13. The van der Waals surface area contributed by atoms with Gasteiger partial charge in [-0.1, -0.05) is 78.0 Å². The van der Waals surface area contributed by atoms with Gasteiger partial charge in [-0.3, -0.25) is 9.59 Å². The van der Waals surface area contributed by atoms with Crippen molar-refractivity contribution >= 4 is 40.9 Å². The Morgan fingerprint density at radius 1 is 0.886 bits per heavy atom. The van der Waals surface area contributed by atoms with Gasteiger partial charge in [0.2, 0.25) is 0 Å². The monoisotopic (exact) mass is 504 g/mol. The summed E-state index contributed by atoms with van der Waals surface area (Å²) in [5, 5.41) is 0.534. The Bertz CT molecular complexity index is 1270. The second kappa shape index (κ2) is 10.3. The number of hydrogen-bond donors (Lipinski definition) is 1. The third kappa shape index (κ3) is 5.01. The first-order chi connectivity index (χ1) is 17.0. The number of quaternary nitrogens is 1. The minimum atomic E-state index is -0.294. The van der Waals surface area contributed by atoms with E-state index in [1.54, 1.807) is 12.1 Å². The first-order valence-corrected chi connectivity index (χ1v) is 13.0. The van der Waals surface area contributed by atoms with E-state index in [0.29, 0.717) is 21.3 Å². The number of nitrogens with one attached hydrogen (secondary N) is 1. The zero-order valence-corrected chi connectivity index (χ0v) is 21.1. The van der Waals surface area contributed by atoms with Gasteiger partial charge in [0, 0.05) is 15.5 Å². The van der Waals surface area contributed by atoms with Crippen molar-refractivity contribution in [3.63, 3.8) is 0 Å². The molecule has 0 bridgehead atoms. The molecule has 0 spiro atoms. The Hall–Kier alpha value is -3.06. The molecule has 1 fully saturated rings. The summed E-state index contributed by atoms with van der Waals surface area (Å²) in [6.07, 6.45) is 0. The number of amides is 2. The summed E-state index contributed by atoms with van der Waals surface area (Å²) in [5.41, 5.74) is 3.22. The Morgan fingerprint density at radius 3 is 2.20 bits per heavy atom. The van der Waals surface area contributed by atoms with Gasteiger partial charge in [-0.05, 0) is 36.8 Å². The summed E-state index contributed by atoms with van der Waals surface area (Å²) < 4.78 is 0. The summed E-state index contributed by atoms with van der Waals surface area (Å²) in [6, 6.07) is 25.5. The first-order valence-electron chi connectivity index (χ1n) is 11.8. The molecule has 2 aliphatic rings. The van der Waals surface area contributed by atoms with Crippen LogP contribution in [0.5, 0.6) is 0 Å². The molecular formula is C28H27ClN3O2S+. The fraction of sp³-hybridized carbons (Fsp3) is 0.214. The minimum Gasteiger partial charge on any atom is -0.355 e. The molecular weight excluding hydrogens is 478 g/mol. The maximum Gasteiger partial charge on any atom is 0.283 e. The topological polar surface area (TPSA) is 45.1 Å². The number of piperazine rings is 1. The van der Waals surface area contributed by atoms with Gasteiger partial charge in [0.05, 0.1) is 31.9 Å². The van der Waals surface area contributed by atoms with Crippen molar-refractivity contribution in [3.05, 3.63) is 106 Å². The smallest absolute Gasteiger partial charge is 0.283 e. The molecule has 35 heavy (non-hydrogen) atoms. The van der Waals surface area contributed by atoms with Crippen molar-refractivity contribution in [1.29, 1.82) is 0 Å². The molecule has 2 aliphatic heterocycles. The van der Waals surface area contributed by atoms with E-state index in [2.05, 4.69) is 29.2 Å². The van der Waals surface area contributed by atoms with E-state index in [-0.39, 0.29) is 11.8 Å². The van der Waals surface area contributed by atoms with Crippen LogP contribution < -0.4 is 9.80 Å². The average Bonchev–Trinajstić information content (AvgIpc) is 3.12. The fourth-order valence-corrected chi connectivity index (χ4v) is 5.73. The summed E-state index contributed by atoms with van der Waals surface area (Å²) in [6.45, 7) is 6.10. The molecule has 2 amide bonds. The zero-order valence-electron chi connectivity index (χ0n) is 19.5. The summed E-state index contributed by atoms with van der Waals surface area (Å²) in [7, 11) is 0. The zero-order chi connectivity index (χ0) is 24.4. The van der Waals surface area contributed by atoms with E-state index in [0.717, 1.165) is 43.2 Å². The average molecular weight is 505 g/mol. The van der Waals surface area contributed by atoms with Gasteiger partial charge in [0.15, 0.2) is 0 Å². The Kier molecular flexibility index (Phi) is 6.95. The largest absolute Gasteiger partial charge is 0.355 e. The number of aryl methyl sites for hydroxylation is 1. The van der Waals surface area contributed by atoms with Crippen LogP contribution in [0, 0.1) is 6.92 Å². The van der Waals surface area contributed by atoms with Crippen LogP contribution in [0.1, 0.15) is 11.1 Å². The number of anilines is 1. The lowest BCUT2D eigenvalue weighted by Gasteiger charge is -2.34. The van der Waals surface area contributed by atoms with Gasteiger partial charge >= 0.3 is 0 Å². The molecule has 0 atom stereocenters. The predicted octanol–water partition coefficient (Wildman–Crippen LogP) is 3.93. The lowest BCUT2D eigenvalue weighted by atomic mass is 10.2. The van der Waals surface area contributed by atoms with Gasteiger partial charge in [0.25, 0.3) is 11.8 Å². The SMILES string of the molecule is Cc1ccc(N2C(=O)C(Sc3ccccc3)=C(N3CC[NH+](Cc4ccccc4)CC3)C2=O)cc1Cl. The van der Waals surface area contributed by atoms with E-state index in [1.807, 2.05) is 49.4 Å². The van der Waals surface area contributed by atoms with Crippen molar-refractivity contribution < 1.29 is 14.5 Å². The maximum absolute atomic E-state index is 13.7. The van der Waals surface area contributed by atoms with Crippen LogP contribution in [0.3, 0.4) is 0 Å². The van der Waals surface area contributed by atoms with Crippen LogP contribution in [-0.2, 0) is 16.1 Å². The second-order valence-corrected chi connectivity index (χ2v) is 10.4. The van der Waals surface area contributed by atoms with Crippen LogP contribution in [0.25, 0.3) is 0 Å². The number of carbonyl (C=O) groups is 2. The molecule has 178 valence electrons. The normalized spacial score (nSPS) is 17.0. The van der Waals surface area contributed by atoms with Crippen LogP contribution >= 0.6 is 23.4 Å². The highest BCUT2D eigenvalue weighted by molar-refractivity contribution is 8.04. The molecule has 1 saturated heterocycles. The number of halogens is 1. The van der Waals surface area contributed by atoms with Crippen molar-refractivity contribution in [2.24, 2.45) is 0 Å². The summed E-state index contributed by atoms with van der Waals surface area (Å²) in [4.78, 5) is 33.6. The number of benzene rings is 3. The van der Waals surface area contributed by atoms with Gasteiger partial charge in [0.1, 0.15) is 17.1 Å². The molecule has 0 unspecified atom stereocenters. The Morgan fingerprint density at radius 2 is 1.54 bits per heavy atom. The maximum atomic E-state index is 13.7. The van der Waals surface area contributed by atoms with E-state index in [9.17, 15) is 9.59 Å². The molecule has 0 radical (unpaired) electrons. The number of hydrogen-bond acceptors (Lipinski definition) is 4. The van der Waals surface area contributed by atoms with E-state index >= 15 is 0 Å². The third-order valence-corrected chi connectivity index (χ3v) is 7.97. The van der Waals surface area contributed by atoms with Crippen molar-refractivity contribution in [3.8, 4) is 0 Å². The summed E-state index contributed by atoms with van der Waals surface area (Å²) in [5.74, 6) is -0.572. The quantitative estimate of drug-likeness (QED) is 0.517. The highest BCUT2D eigenvalue weighted by Gasteiger charge is 2.43. The molecule has 5 nitrogen and oxygen atoms in total. The predicted molar refractivity (Wildman–Crippen MR) is 140 cm³/mol. The number of nitrogens with zero attached hydrogens (tertiary/aromatic N) is 2. The van der Waals surface area contributed by atoms with Crippen LogP contribution in [0.15, 0.2) is 94.4 Å². The fourth-order valence-electron chi connectivity index (χ4n) is 4.54. The molecule has 3 aromatic rings. The van der Waals surface area contributed by atoms with Gasteiger partial charge in [-0.2, -0.15) is 0 Å². The van der Waals surface area contributed by atoms with E-state index < -0.39 is 0 Å². The molecule has 0 aromatic heterocycles. The Labute approximate surface area is 215 Å². The number of imide groups is 1. The van der Waals surface area contributed by atoms with Crippen LogP contribution in [0.2, 0.25) is 5.02 Å². The second-order valence-electron chi connectivity index (χ2n) is 8.87. The van der Waals surface area contributed by atoms with Gasteiger partial charge in [-0.15, -0.1) is 0 Å². The van der Waals surface area contributed by atoms with Gasteiger partial charge in [-0.25, -0.2) is 4.90 Å². The van der Waals surface area contributed by atoms with Crippen molar-refractivity contribution in [1.82, 2.24) is 4.90 Å². The molecule has 3 aromatic carbocycles. The molecule has 7 heteroatoms. The highest BCUT2D eigenvalue weighted by Crippen LogP contribution is 2.39. The molecule has 5 rings (SSSR count). The molecule has 1 N–H and O–H groups in total. The molecule has 0 saturated carbocycles. The van der Waals surface area contributed by atoms with Crippen LogP contribution in [-0.4, -0.2) is 42.9 Å². The highest BCUT2D eigenvalue weighted by atomic mass is 35.5. The first kappa shape index (κ1) is 23.7. The standard InChI is InChI=1S/C28H26ClN3O2S/c1-20-12-13-22(18-24(20)29)32-27(33)25(26(28(32)34)35-23-10-6-3-7-11-23)31-16-14-30(15-17-31)19-21-8-4-2-5-9-21/h2-13,18H,14-17,19H2,1H3/p+1. The molecule has 0 aliphatic carbocycles. The minimum absolute atomic E-state index is 0.278. The van der Waals surface area contributed by atoms with Crippen molar-refractivity contribution in [2.45, 2.75) is 18.4 Å². The summed E-state index contributed by atoms with van der Waals surface area (Å²) >= 11 is 7.70. The van der Waals surface area contributed by atoms with E-state index in [4.69, 9.17) is 11.6 Å². The Balaban J connectivity index is 1.41. The third-order valence-electron chi connectivity index (χ3n) is 6.48. The lowest BCUT2D eigenvalue weighted by molar-refractivity contribution is -0.917. The molecule has 2 heterocycles. The van der Waals surface area contributed by atoms with E-state index in [1.165, 1.54) is 27.1 Å². The van der Waals surface area contributed by atoms with Gasteiger partial charge < -0.3 is 9.80 Å². The van der Waals surface area contributed by atoms with Crippen molar-refractivity contribution in [2.75, 3.05) is 31.1 Å².